The highest BCUT2D eigenvalue weighted by Crippen LogP contribution is 2.36. The second-order valence-corrected chi connectivity index (χ2v) is 8.07. The minimum Gasteiger partial charge on any atom is -0.491 e. The Labute approximate surface area is 182 Å². The van der Waals surface area contributed by atoms with Gasteiger partial charge in [0.25, 0.3) is 0 Å². The molecule has 0 bridgehead atoms. The van der Waals surface area contributed by atoms with Gasteiger partial charge in [-0.3, -0.25) is 0 Å². The zero-order valence-corrected chi connectivity index (χ0v) is 18.6. The van der Waals surface area contributed by atoms with Crippen LogP contribution in [0.2, 0.25) is 0 Å². The van der Waals surface area contributed by atoms with E-state index in [4.69, 9.17) is 15.2 Å². The van der Waals surface area contributed by atoms with Crippen molar-refractivity contribution in [3.05, 3.63) is 46.9 Å². The molecule has 1 aliphatic rings. The summed E-state index contributed by atoms with van der Waals surface area (Å²) in [5, 5.41) is 0. The highest BCUT2D eigenvalue weighted by atomic mass is 16.5. The van der Waals surface area contributed by atoms with Crippen LogP contribution in [0.25, 0.3) is 11.1 Å². The number of hydrogen-bond donors (Lipinski definition) is 1. The summed E-state index contributed by atoms with van der Waals surface area (Å²) >= 11 is 0. The van der Waals surface area contributed by atoms with Gasteiger partial charge in [0, 0.05) is 41.3 Å². The molecular weight excluding hydrogens is 392 g/mol. The topological polar surface area (TPSA) is 99.3 Å². The third kappa shape index (κ3) is 4.10. The number of benzene rings is 1. The van der Waals surface area contributed by atoms with Crippen molar-refractivity contribution in [2.24, 2.45) is 0 Å². The Kier molecular flexibility index (Phi) is 5.63. The van der Waals surface area contributed by atoms with Crippen molar-refractivity contribution in [1.82, 2.24) is 19.9 Å². The quantitative estimate of drug-likeness (QED) is 0.683. The second-order valence-electron chi connectivity index (χ2n) is 8.07. The molecule has 162 valence electrons. The summed E-state index contributed by atoms with van der Waals surface area (Å²) in [6.45, 7) is 10.3. The van der Waals surface area contributed by atoms with E-state index < -0.39 is 0 Å². The van der Waals surface area contributed by atoms with Gasteiger partial charge < -0.3 is 20.1 Å². The van der Waals surface area contributed by atoms with E-state index in [9.17, 15) is 0 Å². The first-order chi connectivity index (χ1) is 14.9. The molecule has 3 aromatic rings. The number of methoxy groups -OCH3 is 1. The monoisotopic (exact) mass is 420 g/mol. The van der Waals surface area contributed by atoms with Crippen molar-refractivity contribution in [2.75, 3.05) is 30.9 Å². The predicted molar refractivity (Wildman–Crippen MR) is 121 cm³/mol. The van der Waals surface area contributed by atoms with Gasteiger partial charge in [-0.05, 0) is 43.0 Å². The van der Waals surface area contributed by atoms with Gasteiger partial charge in [0.1, 0.15) is 18.2 Å². The van der Waals surface area contributed by atoms with Crippen LogP contribution < -0.4 is 20.1 Å². The van der Waals surface area contributed by atoms with Crippen LogP contribution >= 0.6 is 0 Å². The summed E-state index contributed by atoms with van der Waals surface area (Å²) in [4.78, 5) is 19.7. The molecule has 0 spiro atoms. The first kappa shape index (κ1) is 20.8. The molecule has 8 heteroatoms. The summed E-state index contributed by atoms with van der Waals surface area (Å²) in [7, 11) is 1.56. The molecular formula is C23H28N6O2. The number of anilines is 2. The fourth-order valence-corrected chi connectivity index (χ4v) is 4.14. The first-order valence-corrected chi connectivity index (χ1v) is 10.4. The molecule has 0 aliphatic carbocycles. The second kappa shape index (κ2) is 8.37. The van der Waals surface area contributed by atoms with Crippen LogP contribution in [0.1, 0.15) is 42.1 Å². The van der Waals surface area contributed by atoms with Gasteiger partial charge >= 0.3 is 6.01 Å². The highest BCUT2D eigenvalue weighted by Gasteiger charge is 2.24. The third-order valence-electron chi connectivity index (χ3n) is 5.47. The van der Waals surface area contributed by atoms with Crippen LogP contribution in [0.15, 0.2) is 24.5 Å². The van der Waals surface area contributed by atoms with Gasteiger partial charge in [0.2, 0.25) is 5.95 Å². The van der Waals surface area contributed by atoms with Crippen LogP contribution in [0.4, 0.5) is 11.8 Å². The minimum atomic E-state index is 0.281. The van der Waals surface area contributed by atoms with E-state index in [0.717, 1.165) is 45.1 Å². The Morgan fingerprint density at radius 2 is 1.84 bits per heavy atom. The number of fused-ring (bicyclic) bond motifs is 1. The minimum absolute atomic E-state index is 0.281. The number of nitrogens with two attached hydrogens (primary N) is 1. The molecule has 0 saturated heterocycles. The molecule has 0 radical (unpaired) electrons. The summed E-state index contributed by atoms with van der Waals surface area (Å²) < 4.78 is 11.2. The lowest BCUT2D eigenvalue weighted by atomic mass is 9.99. The first-order valence-electron chi connectivity index (χ1n) is 10.4. The number of hydrogen-bond acceptors (Lipinski definition) is 8. The Bertz CT molecular complexity index is 1100. The molecule has 0 saturated carbocycles. The lowest BCUT2D eigenvalue weighted by molar-refractivity contribution is 0.329. The SMILES string of the molecule is COc1ncc(-c2cc(C)c3c(c2)CN(c2nc(N)nc(C)c2C(C)C)CCO3)cn1. The predicted octanol–water partition coefficient (Wildman–Crippen LogP) is 3.66. The van der Waals surface area contributed by atoms with Crippen LogP contribution in [-0.4, -0.2) is 40.2 Å². The van der Waals surface area contributed by atoms with E-state index in [1.165, 1.54) is 0 Å². The van der Waals surface area contributed by atoms with Crippen LogP contribution in [0.3, 0.4) is 0 Å². The van der Waals surface area contributed by atoms with Crippen molar-refractivity contribution in [2.45, 2.75) is 40.2 Å². The fourth-order valence-electron chi connectivity index (χ4n) is 4.14. The molecule has 1 aromatic carbocycles. The van der Waals surface area contributed by atoms with Gasteiger partial charge in [0.15, 0.2) is 0 Å². The van der Waals surface area contributed by atoms with E-state index in [-0.39, 0.29) is 5.92 Å². The van der Waals surface area contributed by atoms with Gasteiger partial charge in [-0.15, -0.1) is 0 Å². The number of rotatable bonds is 4. The number of nitrogens with zero attached hydrogens (tertiary/aromatic N) is 5. The van der Waals surface area contributed by atoms with Crippen LogP contribution in [0, 0.1) is 13.8 Å². The number of aryl methyl sites for hydroxylation is 2. The van der Waals surface area contributed by atoms with Gasteiger partial charge in [0.05, 0.1) is 13.7 Å². The Morgan fingerprint density at radius 3 is 2.52 bits per heavy atom. The molecule has 0 fully saturated rings. The average molecular weight is 421 g/mol. The molecule has 1 aliphatic heterocycles. The molecule has 0 atom stereocenters. The van der Waals surface area contributed by atoms with E-state index in [0.29, 0.717) is 31.7 Å². The maximum Gasteiger partial charge on any atom is 0.316 e. The lowest BCUT2D eigenvalue weighted by Gasteiger charge is -2.26. The normalized spacial score (nSPS) is 13.5. The molecule has 31 heavy (non-hydrogen) atoms. The Hall–Kier alpha value is -3.42. The smallest absolute Gasteiger partial charge is 0.316 e. The number of aromatic nitrogens is 4. The molecule has 8 nitrogen and oxygen atoms in total. The molecule has 2 N–H and O–H groups in total. The van der Waals surface area contributed by atoms with E-state index >= 15 is 0 Å². The van der Waals surface area contributed by atoms with Crippen molar-refractivity contribution in [1.29, 1.82) is 0 Å². The molecule has 0 amide bonds. The molecule has 2 aromatic heterocycles. The highest BCUT2D eigenvalue weighted by molar-refractivity contribution is 5.67. The Balaban J connectivity index is 1.76. The maximum atomic E-state index is 6.15. The Morgan fingerprint density at radius 1 is 1.10 bits per heavy atom. The van der Waals surface area contributed by atoms with Crippen molar-refractivity contribution in [3.63, 3.8) is 0 Å². The number of nitrogen functional groups attached to an aromatic ring is 1. The van der Waals surface area contributed by atoms with E-state index in [1.54, 1.807) is 19.5 Å². The molecule has 0 unspecified atom stereocenters. The average Bonchev–Trinajstić information content (AvgIpc) is 2.96. The third-order valence-corrected chi connectivity index (χ3v) is 5.47. The summed E-state index contributed by atoms with van der Waals surface area (Å²) in [5.41, 5.74) is 12.2. The number of ether oxygens (including phenoxy) is 2. The van der Waals surface area contributed by atoms with Crippen LogP contribution in [-0.2, 0) is 6.54 Å². The zero-order chi connectivity index (χ0) is 22.1. The zero-order valence-electron chi connectivity index (χ0n) is 18.6. The van der Waals surface area contributed by atoms with Gasteiger partial charge in [-0.2, -0.15) is 4.98 Å². The van der Waals surface area contributed by atoms with E-state index in [2.05, 4.69) is 57.7 Å². The fraction of sp³-hybridized carbons (Fsp3) is 0.391. The summed E-state index contributed by atoms with van der Waals surface area (Å²) in [5.74, 6) is 2.38. The van der Waals surface area contributed by atoms with Gasteiger partial charge in [-0.25, -0.2) is 15.0 Å². The standard InChI is InChI=1S/C23H28N6O2/c1-13(2)19-15(4)27-22(24)28-21(19)29-6-7-31-20-14(3)8-16(9-17(20)12-29)18-10-25-23(30-5)26-11-18/h8-11,13H,6-7,12H2,1-5H3,(H2,24,27,28). The largest absolute Gasteiger partial charge is 0.491 e. The van der Waals surface area contributed by atoms with Gasteiger partial charge in [-0.1, -0.05) is 13.8 Å². The van der Waals surface area contributed by atoms with E-state index in [1.807, 2.05) is 6.92 Å². The van der Waals surface area contributed by atoms with Crippen molar-refractivity contribution < 1.29 is 9.47 Å². The molecule has 3 heterocycles. The van der Waals surface area contributed by atoms with Crippen molar-refractivity contribution >= 4 is 11.8 Å². The maximum absolute atomic E-state index is 6.15. The summed E-state index contributed by atoms with van der Waals surface area (Å²) in [6.07, 6.45) is 3.54. The van der Waals surface area contributed by atoms with Crippen molar-refractivity contribution in [3.8, 4) is 22.9 Å². The summed E-state index contributed by atoms with van der Waals surface area (Å²) in [6, 6.07) is 4.59. The lowest BCUT2D eigenvalue weighted by Crippen LogP contribution is -2.28. The van der Waals surface area contributed by atoms with Crippen LogP contribution in [0.5, 0.6) is 11.8 Å². The molecule has 4 rings (SSSR count).